The van der Waals surface area contributed by atoms with Crippen LogP contribution in [0.3, 0.4) is 0 Å². The first-order chi connectivity index (χ1) is 8.09. The number of imide groups is 1. The van der Waals surface area contributed by atoms with Crippen molar-refractivity contribution in [2.24, 2.45) is 5.73 Å². The van der Waals surface area contributed by atoms with Gasteiger partial charge in [0.2, 0.25) is 11.8 Å². The lowest BCUT2D eigenvalue weighted by molar-refractivity contribution is -0.149. The van der Waals surface area contributed by atoms with Gasteiger partial charge in [-0.2, -0.15) is 0 Å². The summed E-state index contributed by atoms with van der Waals surface area (Å²) in [6.07, 6.45) is 0.793. The quantitative estimate of drug-likeness (QED) is 0.840. The maximum atomic E-state index is 11.8. The molecule has 1 aliphatic rings. The largest absolute Gasteiger partial charge is 0.320 e. The zero-order chi connectivity index (χ0) is 12.4. The van der Waals surface area contributed by atoms with E-state index in [-0.39, 0.29) is 18.4 Å². The number of carbonyl (C=O) groups is 2. The first kappa shape index (κ1) is 12.3. The van der Waals surface area contributed by atoms with Gasteiger partial charge in [0.25, 0.3) is 0 Å². The predicted octanol–water partition coefficient (Wildman–Crippen LogP) is 1.43. The third-order valence-electron chi connectivity index (χ3n) is 2.84. The van der Waals surface area contributed by atoms with Crippen molar-refractivity contribution >= 4 is 27.7 Å². The number of halogens is 1. The van der Waals surface area contributed by atoms with Gasteiger partial charge in [0.05, 0.1) is 12.6 Å². The summed E-state index contributed by atoms with van der Waals surface area (Å²) in [5.74, 6) is -0.426. The third kappa shape index (κ3) is 2.56. The number of nitrogens with two attached hydrogens (primary N) is 1. The zero-order valence-electron chi connectivity index (χ0n) is 9.23. The van der Waals surface area contributed by atoms with Gasteiger partial charge in [-0.05, 0) is 18.1 Å². The molecule has 0 bridgehead atoms. The smallest absolute Gasteiger partial charge is 0.246 e. The lowest BCUT2D eigenvalue weighted by Crippen LogP contribution is -2.50. The number of carbonyl (C=O) groups excluding carboxylic acids is 2. The fourth-order valence-corrected chi connectivity index (χ4v) is 2.23. The number of benzene rings is 1. The topological polar surface area (TPSA) is 63.4 Å². The highest BCUT2D eigenvalue weighted by molar-refractivity contribution is 9.10. The van der Waals surface area contributed by atoms with Crippen LogP contribution in [0.5, 0.6) is 0 Å². The van der Waals surface area contributed by atoms with E-state index in [0.29, 0.717) is 12.8 Å². The van der Waals surface area contributed by atoms with Gasteiger partial charge in [-0.1, -0.05) is 34.1 Å². The summed E-state index contributed by atoms with van der Waals surface area (Å²) in [6.45, 7) is 0.285. The number of piperidine rings is 1. The van der Waals surface area contributed by atoms with Crippen molar-refractivity contribution in [2.45, 2.75) is 25.4 Å². The molecule has 17 heavy (non-hydrogen) atoms. The van der Waals surface area contributed by atoms with Gasteiger partial charge < -0.3 is 5.73 Å². The second-order valence-electron chi connectivity index (χ2n) is 4.05. The Morgan fingerprint density at radius 3 is 2.76 bits per heavy atom. The molecule has 5 heteroatoms. The highest BCUT2D eigenvalue weighted by Gasteiger charge is 2.32. The van der Waals surface area contributed by atoms with Crippen molar-refractivity contribution in [3.05, 3.63) is 34.3 Å². The number of hydrogen-bond donors (Lipinski definition) is 1. The predicted molar refractivity (Wildman–Crippen MR) is 66.9 cm³/mol. The van der Waals surface area contributed by atoms with Crippen LogP contribution in [0, 0.1) is 0 Å². The highest BCUT2D eigenvalue weighted by atomic mass is 79.9. The van der Waals surface area contributed by atoms with Crippen LogP contribution < -0.4 is 5.73 Å². The fourth-order valence-electron chi connectivity index (χ4n) is 1.82. The summed E-state index contributed by atoms with van der Waals surface area (Å²) < 4.78 is 0.889. The molecule has 1 saturated heterocycles. The Kier molecular flexibility index (Phi) is 3.59. The highest BCUT2D eigenvalue weighted by Crippen LogP contribution is 2.21. The van der Waals surface area contributed by atoms with E-state index < -0.39 is 6.04 Å². The maximum absolute atomic E-state index is 11.8. The van der Waals surface area contributed by atoms with Crippen molar-refractivity contribution in [3.8, 4) is 0 Å². The molecule has 0 aromatic heterocycles. The molecule has 1 aliphatic heterocycles. The molecule has 0 aliphatic carbocycles. The fraction of sp³-hybridized carbons (Fsp3) is 0.333. The summed E-state index contributed by atoms with van der Waals surface area (Å²) in [5.41, 5.74) is 6.57. The molecular weight excluding hydrogens is 284 g/mol. The van der Waals surface area contributed by atoms with E-state index in [1.807, 2.05) is 24.3 Å². The van der Waals surface area contributed by atoms with Crippen molar-refractivity contribution < 1.29 is 9.59 Å². The number of hydrogen-bond acceptors (Lipinski definition) is 3. The number of likely N-dealkylation sites (tertiary alicyclic amines) is 1. The average Bonchev–Trinajstić information content (AvgIpc) is 2.32. The molecule has 1 aromatic carbocycles. The molecule has 2 amide bonds. The summed E-state index contributed by atoms with van der Waals surface area (Å²) in [6, 6.07) is 6.98. The Bertz CT molecular complexity index is 462. The lowest BCUT2D eigenvalue weighted by atomic mass is 10.0. The van der Waals surface area contributed by atoms with E-state index in [9.17, 15) is 9.59 Å². The number of nitrogens with zero attached hydrogens (tertiary/aromatic N) is 1. The molecule has 90 valence electrons. The Balaban J connectivity index is 2.20. The molecule has 0 saturated carbocycles. The molecule has 0 radical (unpaired) electrons. The van der Waals surface area contributed by atoms with E-state index in [1.54, 1.807) is 0 Å². The van der Waals surface area contributed by atoms with Gasteiger partial charge in [0.1, 0.15) is 0 Å². The molecule has 2 N–H and O–H groups in total. The van der Waals surface area contributed by atoms with Gasteiger partial charge in [-0.3, -0.25) is 14.5 Å². The van der Waals surface area contributed by atoms with E-state index in [1.165, 1.54) is 4.90 Å². The monoisotopic (exact) mass is 296 g/mol. The van der Waals surface area contributed by atoms with Crippen molar-refractivity contribution in [1.29, 1.82) is 0 Å². The summed E-state index contributed by atoms with van der Waals surface area (Å²) in [4.78, 5) is 24.8. The molecule has 1 aromatic rings. The molecule has 4 nitrogen and oxygen atoms in total. The molecule has 2 rings (SSSR count). The standard InChI is InChI=1S/C12H13BrN2O2/c13-9-4-2-1-3-8(9)7-15-11(16)6-5-10(14)12(15)17/h1-4,10H,5-7,14H2. The van der Waals surface area contributed by atoms with E-state index in [2.05, 4.69) is 15.9 Å². The number of rotatable bonds is 2. The molecule has 1 unspecified atom stereocenters. The SMILES string of the molecule is NC1CCC(=O)N(Cc2ccccc2Br)C1=O. The Morgan fingerprint density at radius 2 is 2.06 bits per heavy atom. The Morgan fingerprint density at radius 1 is 1.35 bits per heavy atom. The maximum Gasteiger partial charge on any atom is 0.246 e. The summed E-state index contributed by atoms with van der Waals surface area (Å²) in [7, 11) is 0. The van der Waals surface area contributed by atoms with Gasteiger partial charge >= 0.3 is 0 Å². The van der Waals surface area contributed by atoms with Gasteiger partial charge in [0.15, 0.2) is 0 Å². The minimum absolute atomic E-state index is 0.146. The minimum atomic E-state index is -0.546. The first-order valence-corrected chi connectivity index (χ1v) is 6.22. The van der Waals surface area contributed by atoms with E-state index in [4.69, 9.17) is 5.73 Å². The molecule has 1 atom stereocenters. The summed E-state index contributed by atoms with van der Waals surface area (Å²) in [5, 5.41) is 0. The van der Waals surface area contributed by atoms with Crippen LogP contribution in [0.4, 0.5) is 0 Å². The molecule has 1 heterocycles. The minimum Gasteiger partial charge on any atom is -0.320 e. The second kappa shape index (κ2) is 4.98. The zero-order valence-corrected chi connectivity index (χ0v) is 10.8. The Labute approximate surface area is 108 Å². The van der Waals surface area contributed by atoms with E-state index >= 15 is 0 Å². The van der Waals surface area contributed by atoms with Crippen LogP contribution in [0.25, 0.3) is 0 Å². The summed E-state index contributed by atoms with van der Waals surface area (Å²) >= 11 is 3.40. The van der Waals surface area contributed by atoms with Crippen LogP contribution in [0.2, 0.25) is 0 Å². The molecular formula is C12H13BrN2O2. The third-order valence-corrected chi connectivity index (χ3v) is 3.61. The van der Waals surface area contributed by atoms with Gasteiger partial charge in [-0.25, -0.2) is 0 Å². The molecule has 0 spiro atoms. The normalized spacial score (nSPS) is 20.8. The number of amides is 2. The van der Waals surface area contributed by atoms with Crippen LogP contribution in [-0.2, 0) is 16.1 Å². The van der Waals surface area contributed by atoms with Crippen LogP contribution in [-0.4, -0.2) is 22.8 Å². The Hall–Kier alpha value is -1.20. The van der Waals surface area contributed by atoms with Crippen molar-refractivity contribution in [2.75, 3.05) is 0 Å². The first-order valence-electron chi connectivity index (χ1n) is 5.43. The van der Waals surface area contributed by atoms with E-state index in [0.717, 1.165) is 10.0 Å². The average molecular weight is 297 g/mol. The van der Waals surface area contributed by atoms with Gasteiger partial charge in [0, 0.05) is 10.9 Å². The van der Waals surface area contributed by atoms with Crippen LogP contribution in [0.1, 0.15) is 18.4 Å². The van der Waals surface area contributed by atoms with Crippen molar-refractivity contribution in [1.82, 2.24) is 4.90 Å². The van der Waals surface area contributed by atoms with Gasteiger partial charge in [-0.15, -0.1) is 0 Å². The van der Waals surface area contributed by atoms with Crippen LogP contribution >= 0.6 is 15.9 Å². The van der Waals surface area contributed by atoms with Crippen LogP contribution in [0.15, 0.2) is 28.7 Å². The lowest BCUT2D eigenvalue weighted by Gasteiger charge is -2.28. The molecule has 1 fully saturated rings. The van der Waals surface area contributed by atoms with Crippen molar-refractivity contribution in [3.63, 3.8) is 0 Å². The second-order valence-corrected chi connectivity index (χ2v) is 4.91.